The highest BCUT2D eigenvalue weighted by atomic mass is 79.9. The normalized spacial score (nSPS) is 16.7. The number of halogens is 1. The number of thioether (sulfide) groups is 1. The standard InChI is InChI=1S/C15H14BrNO3S2/c1-9(2)20-13(18)8-17-14(19)12(22-15(17)21)7-10-3-5-11(16)6-4-10/h3-7,9H,8H2,1-2H3/b12-7-. The number of amides is 1. The van der Waals surface area contributed by atoms with Crippen molar-refractivity contribution in [2.75, 3.05) is 6.54 Å². The maximum atomic E-state index is 12.3. The first-order valence-corrected chi connectivity index (χ1v) is 8.59. The van der Waals surface area contributed by atoms with Crippen LogP contribution in [0, 0.1) is 0 Å². The Labute approximate surface area is 147 Å². The van der Waals surface area contributed by atoms with E-state index in [-0.39, 0.29) is 18.6 Å². The predicted molar refractivity (Wildman–Crippen MR) is 95.2 cm³/mol. The Bertz CT molecular complexity index is 641. The first-order chi connectivity index (χ1) is 10.4. The van der Waals surface area contributed by atoms with Crippen molar-refractivity contribution in [2.24, 2.45) is 0 Å². The quantitative estimate of drug-likeness (QED) is 0.439. The maximum absolute atomic E-state index is 12.3. The number of hydrogen-bond acceptors (Lipinski definition) is 5. The molecule has 0 N–H and O–H groups in total. The second kappa shape index (κ2) is 7.39. The Kier molecular flexibility index (Phi) is 5.77. The Morgan fingerprint density at radius 2 is 2.05 bits per heavy atom. The van der Waals surface area contributed by atoms with Gasteiger partial charge < -0.3 is 4.74 Å². The molecule has 7 heteroatoms. The van der Waals surface area contributed by atoms with Gasteiger partial charge >= 0.3 is 5.97 Å². The van der Waals surface area contributed by atoms with E-state index in [1.165, 1.54) is 16.7 Å². The molecule has 0 saturated carbocycles. The molecule has 0 spiro atoms. The van der Waals surface area contributed by atoms with E-state index < -0.39 is 5.97 Å². The summed E-state index contributed by atoms with van der Waals surface area (Å²) >= 11 is 9.73. The maximum Gasteiger partial charge on any atom is 0.326 e. The first-order valence-electron chi connectivity index (χ1n) is 6.57. The third-order valence-electron chi connectivity index (χ3n) is 2.70. The minimum atomic E-state index is -0.462. The topological polar surface area (TPSA) is 46.6 Å². The van der Waals surface area contributed by atoms with E-state index in [0.29, 0.717) is 9.23 Å². The fourth-order valence-electron chi connectivity index (χ4n) is 1.78. The number of thiocarbonyl (C=S) groups is 1. The molecule has 0 radical (unpaired) electrons. The van der Waals surface area contributed by atoms with Gasteiger partial charge in [-0.2, -0.15) is 0 Å². The van der Waals surface area contributed by atoms with Crippen molar-refractivity contribution in [2.45, 2.75) is 20.0 Å². The smallest absolute Gasteiger partial charge is 0.326 e. The van der Waals surface area contributed by atoms with Gasteiger partial charge in [-0.25, -0.2) is 0 Å². The molecule has 116 valence electrons. The van der Waals surface area contributed by atoms with Crippen molar-refractivity contribution in [3.63, 3.8) is 0 Å². The summed E-state index contributed by atoms with van der Waals surface area (Å²) in [6.07, 6.45) is 1.55. The van der Waals surface area contributed by atoms with E-state index in [1.807, 2.05) is 24.3 Å². The summed E-state index contributed by atoms with van der Waals surface area (Å²) in [5.41, 5.74) is 0.897. The highest BCUT2D eigenvalue weighted by Crippen LogP contribution is 2.32. The van der Waals surface area contributed by atoms with Crippen molar-refractivity contribution < 1.29 is 14.3 Å². The monoisotopic (exact) mass is 399 g/mol. The Hall–Kier alpha value is -1.18. The molecular formula is C15H14BrNO3S2. The molecule has 0 unspecified atom stereocenters. The van der Waals surface area contributed by atoms with Crippen LogP contribution in [0.25, 0.3) is 6.08 Å². The molecule has 4 nitrogen and oxygen atoms in total. The third kappa shape index (κ3) is 4.41. The second-order valence-electron chi connectivity index (χ2n) is 4.86. The van der Waals surface area contributed by atoms with Gasteiger partial charge in [0.15, 0.2) is 0 Å². The van der Waals surface area contributed by atoms with Crippen LogP contribution in [0.2, 0.25) is 0 Å². The SMILES string of the molecule is CC(C)OC(=O)CN1C(=O)/C(=C/c2ccc(Br)cc2)SC1=S. The zero-order valence-corrected chi connectivity index (χ0v) is 15.3. The second-order valence-corrected chi connectivity index (χ2v) is 7.45. The van der Waals surface area contributed by atoms with Gasteiger partial charge in [0.05, 0.1) is 11.0 Å². The van der Waals surface area contributed by atoms with E-state index in [4.69, 9.17) is 17.0 Å². The lowest BCUT2D eigenvalue weighted by molar-refractivity contribution is -0.149. The van der Waals surface area contributed by atoms with Crippen LogP contribution in [-0.4, -0.2) is 33.7 Å². The number of nitrogens with zero attached hydrogens (tertiary/aromatic N) is 1. The number of carbonyl (C=O) groups is 2. The molecular weight excluding hydrogens is 386 g/mol. The van der Waals surface area contributed by atoms with Crippen LogP contribution in [0.3, 0.4) is 0 Å². The average molecular weight is 400 g/mol. The third-order valence-corrected chi connectivity index (χ3v) is 4.60. The fraction of sp³-hybridized carbons (Fsp3) is 0.267. The van der Waals surface area contributed by atoms with Gasteiger partial charge in [-0.1, -0.05) is 52.0 Å². The zero-order chi connectivity index (χ0) is 16.3. The van der Waals surface area contributed by atoms with Crippen LogP contribution < -0.4 is 0 Å². The lowest BCUT2D eigenvalue weighted by Crippen LogP contribution is -2.35. The number of benzene rings is 1. The molecule has 2 rings (SSSR count). The molecule has 1 fully saturated rings. The molecule has 1 heterocycles. The van der Waals surface area contributed by atoms with Crippen LogP contribution in [0.15, 0.2) is 33.6 Å². The highest BCUT2D eigenvalue weighted by Gasteiger charge is 2.33. The Morgan fingerprint density at radius 3 is 2.64 bits per heavy atom. The van der Waals surface area contributed by atoms with E-state index in [9.17, 15) is 9.59 Å². The Balaban J connectivity index is 2.11. The van der Waals surface area contributed by atoms with Crippen molar-refractivity contribution in [3.05, 3.63) is 39.2 Å². The zero-order valence-electron chi connectivity index (χ0n) is 12.0. The summed E-state index contributed by atoms with van der Waals surface area (Å²) in [5, 5.41) is 0. The van der Waals surface area contributed by atoms with Gasteiger partial charge in [0.1, 0.15) is 10.9 Å². The molecule has 1 aromatic carbocycles. The van der Waals surface area contributed by atoms with Crippen molar-refractivity contribution in [1.29, 1.82) is 0 Å². The summed E-state index contributed by atoms with van der Waals surface area (Å²) in [7, 11) is 0. The summed E-state index contributed by atoms with van der Waals surface area (Å²) in [6, 6.07) is 7.58. The van der Waals surface area contributed by atoms with Gasteiger partial charge in [-0.3, -0.25) is 14.5 Å². The molecule has 1 aliphatic rings. The average Bonchev–Trinajstić information content (AvgIpc) is 2.68. The van der Waals surface area contributed by atoms with Crippen LogP contribution in [0.1, 0.15) is 19.4 Å². The van der Waals surface area contributed by atoms with Crippen molar-refractivity contribution in [1.82, 2.24) is 4.90 Å². The highest BCUT2D eigenvalue weighted by molar-refractivity contribution is 9.10. The number of esters is 1. The van der Waals surface area contributed by atoms with Crippen molar-refractivity contribution >= 4 is 62.2 Å². The van der Waals surface area contributed by atoms with Gasteiger partial charge in [0, 0.05) is 4.47 Å². The number of carbonyl (C=O) groups excluding carboxylic acids is 2. The largest absolute Gasteiger partial charge is 0.462 e. The van der Waals surface area contributed by atoms with Crippen LogP contribution >= 0.6 is 39.9 Å². The minimum absolute atomic E-state index is 0.152. The molecule has 0 aliphatic carbocycles. The van der Waals surface area contributed by atoms with Gasteiger partial charge in [-0.15, -0.1) is 0 Å². The molecule has 1 aliphatic heterocycles. The first kappa shape index (κ1) is 17.2. The van der Waals surface area contributed by atoms with E-state index in [2.05, 4.69) is 15.9 Å². The lowest BCUT2D eigenvalue weighted by atomic mass is 10.2. The summed E-state index contributed by atoms with van der Waals surface area (Å²) in [6.45, 7) is 3.37. The lowest BCUT2D eigenvalue weighted by Gasteiger charge is -2.14. The van der Waals surface area contributed by atoms with Crippen LogP contribution in [0.5, 0.6) is 0 Å². The van der Waals surface area contributed by atoms with Gasteiger partial charge in [-0.05, 0) is 37.6 Å². The number of ether oxygens (including phenoxy) is 1. The molecule has 1 amide bonds. The number of rotatable bonds is 4. The minimum Gasteiger partial charge on any atom is -0.462 e. The molecule has 0 atom stereocenters. The molecule has 1 saturated heterocycles. The summed E-state index contributed by atoms with van der Waals surface area (Å²) in [4.78, 5) is 25.8. The van der Waals surface area contributed by atoms with Crippen LogP contribution in [-0.2, 0) is 14.3 Å². The summed E-state index contributed by atoms with van der Waals surface area (Å²) in [5.74, 6) is -0.727. The van der Waals surface area contributed by atoms with Gasteiger partial charge in [0.2, 0.25) is 0 Å². The Morgan fingerprint density at radius 1 is 1.41 bits per heavy atom. The molecule has 22 heavy (non-hydrogen) atoms. The van der Waals surface area contributed by atoms with E-state index in [1.54, 1.807) is 19.9 Å². The molecule has 0 aromatic heterocycles. The van der Waals surface area contributed by atoms with E-state index in [0.717, 1.165) is 10.0 Å². The van der Waals surface area contributed by atoms with E-state index >= 15 is 0 Å². The molecule has 1 aromatic rings. The molecule has 0 bridgehead atoms. The van der Waals surface area contributed by atoms with Gasteiger partial charge in [0.25, 0.3) is 5.91 Å². The van der Waals surface area contributed by atoms with Crippen molar-refractivity contribution in [3.8, 4) is 0 Å². The fourth-order valence-corrected chi connectivity index (χ4v) is 3.30. The summed E-state index contributed by atoms with van der Waals surface area (Å²) < 4.78 is 6.38. The van der Waals surface area contributed by atoms with Crippen LogP contribution in [0.4, 0.5) is 0 Å². The predicted octanol–water partition coefficient (Wildman–Crippen LogP) is 3.60. The number of hydrogen-bond donors (Lipinski definition) is 0.